The van der Waals surface area contributed by atoms with Gasteiger partial charge in [0, 0.05) is 17.8 Å². The lowest BCUT2D eigenvalue weighted by molar-refractivity contribution is 0.173. The van der Waals surface area contributed by atoms with Crippen LogP contribution in [0.2, 0.25) is 0 Å². The van der Waals surface area contributed by atoms with E-state index in [1.807, 2.05) is 24.4 Å². The van der Waals surface area contributed by atoms with E-state index in [9.17, 15) is 4.39 Å². The molecule has 0 radical (unpaired) electrons. The second-order valence-electron chi connectivity index (χ2n) is 10.3. The maximum absolute atomic E-state index is 14.9. The minimum Gasteiger partial charge on any atom is -0.493 e. The fourth-order valence-electron chi connectivity index (χ4n) is 6.05. The molecule has 1 atom stereocenters. The van der Waals surface area contributed by atoms with Gasteiger partial charge in [0.25, 0.3) is 0 Å². The van der Waals surface area contributed by atoms with Crippen LogP contribution in [0.3, 0.4) is 0 Å². The van der Waals surface area contributed by atoms with E-state index in [1.54, 1.807) is 0 Å². The van der Waals surface area contributed by atoms with Gasteiger partial charge in [0.2, 0.25) is 0 Å². The van der Waals surface area contributed by atoms with Crippen LogP contribution in [0.5, 0.6) is 5.75 Å². The van der Waals surface area contributed by atoms with E-state index in [-0.39, 0.29) is 11.2 Å². The van der Waals surface area contributed by atoms with Gasteiger partial charge in [-0.15, -0.1) is 0 Å². The number of aromatic nitrogens is 1. The fourth-order valence-corrected chi connectivity index (χ4v) is 6.05. The van der Waals surface area contributed by atoms with Gasteiger partial charge in [0.05, 0.1) is 12.3 Å². The van der Waals surface area contributed by atoms with E-state index in [1.165, 1.54) is 95.1 Å². The quantitative estimate of drug-likeness (QED) is 0.258. The third-order valence-corrected chi connectivity index (χ3v) is 7.98. The summed E-state index contributed by atoms with van der Waals surface area (Å²) in [4.78, 5) is 4.77. The second-order valence-corrected chi connectivity index (χ2v) is 10.3. The van der Waals surface area contributed by atoms with Gasteiger partial charge < -0.3 is 4.74 Å². The number of nitrogens with zero attached hydrogens (tertiary/aromatic N) is 1. The highest BCUT2D eigenvalue weighted by atomic mass is 19.1. The molecule has 0 saturated heterocycles. The molecule has 188 valence electrons. The molecule has 1 heterocycles. The number of hydrogen-bond donors (Lipinski definition) is 0. The number of halogens is 1. The SMILES string of the molecule is CCCCCCCCOc1ccc(-c2ccc(C3(C(CC)CCC)CCCCC3)cn2)c(F)c1. The third kappa shape index (κ3) is 6.83. The molecule has 1 aromatic heterocycles. The average Bonchev–Trinajstić information content (AvgIpc) is 2.87. The van der Waals surface area contributed by atoms with Gasteiger partial charge in [-0.1, -0.05) is 91.0 Å². The monoisotopic (exact) mass is 467 g/mol. The van der Waals surface area contributed by atoms with Crippen molar-refractivity contribution in [2.45, 2.75) is 116 Å². The van der Waals surface area contributed by atoms with Crippen molar-refractivity contribution in [3.05, 3.63) is 47.9 Å². The van der Waals surface area contributed by atoms with E-state index in [2.05, 4.69) is 26.8 Å². The van der Waals surface area contributed by atoms with Crippen molar-refractivity contribution in [2.75, 3.05) is 6.61 Å². The Kier molecular flexibility index (Phi) is 10.9. The van der Waals surface area contributed by atoms with Crippen molar-refractivity contribution < 1.29 is 9.13 Å². The smallest absolute Gasteiger partial charge is 0.136 e. The van der Waals surface area contributed by atoms with Crippen LogP contribution in [0.4, 0.5) is 4.39 Å². The van der Waals surface area contributed by atoms with Gasteiger partial charge >= 0.3 is 0 Å². The van der Waals surface area contributed by atoms with Gasteiger partial charge in [-0.3, -0.25) is 4.98 Å². The predicted molar refractivity (Wildman–Crippen MR) is 142 cm³/mol. The fraction of sp³-hybridized carbons (Fsp3) is 0.645. The third-order valence-electron chi connectivity index (χ3n) is 7.98. The molecule has 0 aliphatic heterocycles. The molecule has 34 heavy (non-hydrogen) atoms. The maximum atomic E-state index is 14.9. The van der Waals surface area contributed by atoms with Crippen LogP contribution in [0.15, 0.2) is 36.5 Å². The number of unbranched alkanes of at least 4 members (excludes halogenated alkanes) is 5. The van der Waals surface area contributed by atoms with Crippen molar-refractivity contribution in [1.29, 1.82) is 0 Å². The molecule has 1 fully saturated rings. The Balaban J connectivity index is 1.66. The summed E-state index contributed by atoms with van der Waals surface area (Å²) in [5, 5.41) is 0. The number of pyridine rings is 1. The number of rotatable bonds is 14. The number of benzene rings is 1. The summed E-state index contributed by atoms with van der Waals surface area (Å²) in [6.07, 6.45) is 19.5. The Hall–Kier alpha value is -1.90. The molecule has 3 rings (SSSR count). The molecule has 1 saturated carbocycles. The zero-order valence-corrected chi connectivity index (χ0v) is 21.9. The summed E-state index contributed by atoms with van der Waals surface area (Å²) in [6.45, 7) is 7.51. The van der Waals surface area contributed by atoms with Crippen LogP contribution in [-0.2, 0) is 5.41 Å². The number of hydrogen-bond acceptors (Lipinski definition) is 2. The lowest BCUT2D eigenvalue weighted by Gasteiger charge is -2.44. The molecule has 1 aliphatic rings. The van der Waals surface area contributed by atoms with E-state index >= 15 is 0 Å². The summed E-state index contributed by atoms with van der Waals surface area (Å²) < 4.78 is 20.7. The molecule has 0 spiro atoms. The van der Waals surface area contributed by atoms with Crippen molar-refractivity contribution >= 4 is 0 Å². The van der Waals surface area contributed by atoms with Crippen LogP contribution in [0.25, 0.3) is 11.3 Å². The highest BCUT2D eigenvalue weighted by Crippen LogP contribution is 2.48. The van der Waals surface area contributed by atoms with Gasteiger partial charge in [-0.25, -0.2) is 4.39 Å². The highest BCUT2D eigenvalue weighted by molar-refractivity contribution is 5.61. The minimum absolute atomic E-state index is 0.237. The molecular formula is C31H46FNO. The predicted octanol–water partition coefficient (Wildman–Crippen LogP) is 9.66. The molecule has 0 amide bonds. The summed E-state index contributed by atoms with van der Waals surface area (Å²) in [7, 11) is 0. The summed E-state index contributed by atoms with van der Waals surface area (Å²) in [5.41, 5.74) is 2.85. The molecule has 0 bridgehead atoms. The second kappa shape index (κ2) is 13.9. The van der Waals surface area contributed by atoms with Crippen LogP contribution < -0.4 is 4.74 Å². The molecule has 2 nitrogen and oxygen atoms in total. The first-order valence-corrected chi connectivity index (χ1v) is 14.0. The average molecular weight is 468 g/mol. The van der Waals surface area contributed by atoms with Crippen LogP contribution in [0, 0.1) is 11.7 Å². The van der Waals surface area contributed by atoms with E-state index < -0.39 is 0 Å². The summed E-state index contributed by atoms with van der Waals surface area (Å²) in [5.74, 6) is 1.05. The number of ether oxygens (including phenoxy) is 1. The van der Waals surface area contributed by atoms with E-state index in [0.29, 0.717) is 29.5 Å². The minimum atomic E-state index is -0.259. The Morgan fingerprint density at radius 1 is 0.912 bits per heavy atom. The molecule has 1 aromatic carbocycles. The van der Waals surface area contributed by atoms with Crippen molar-refractivity contribution in [1.82, 2.24) is 4.98 Å². The molecule has 2 aromatic rings. The lowest BCUT2D eigenvalue weighted by atomic mass is 9.60. The van der Waals surface area contributed by atoms with Crippen LogP contribution in [0.1, 0.15) is 116 Å². The summed E-state index contributed by atoms with van der Waals surface area (Å²) >= 11 is 0. The maximum Gasteiger partial charge on any atom is 0.136 e. The largest absolute Gasteiger partial charge is 0.493 e. The summed E-state index contributed by atoms with van der Waals surface area (Å²) in [6, 6.07) is 9.46. The van der Waals surface area contributed by atoms with E-state index in [4.69, 9.17) is 9.72 Å². The zero-order valence-electron chi connectivity index (χ0n) is 21.9. The lowest BCUT2D eigenvalue weighted by Crippen LogP contribution is -2.37. The van der Waals surface area contributed by atoms with Crippen molar-refractivity contribution in [2.24, 2.45) is 5.92 Å². The van der Waals surface area contributed by atoms with Crippen LogP contribution >= 0.6 is 0 Å². The van der Waals surface area contributed by atoms with Gasteiger partial charge in [0.1, 0.15) is 11.6 Å². The van der Waals surface area contributed by atoms with Gasteiger partial charge in [-0.2, -0.15) is 0 Å². The molecule has 1 aliphatic carbocycles. The Morgan fingerprint density at radius 2 is 1.68 bits per heavy atom. The highest BCUT2D eigenvalue weighted by Gasteiger charge is 2.40. The van der Waals surface area contributed by atoms with Gasteiger partial charge in [0.15, 0.2) is 0 Å². The Morgan fingerprint density at radius 3 is 2.32 bits per heavy atom. The van der Waals surface area contributed by atoms with Gasteiger partial charge in [-0.05, 0) is 60.8 Å². The van der Waals surface area contributed by atoms with Crippen LogP contribution in [-0.4, -0.2) is 11.6 Å². The van der Waals surface area contributed by atoms with Crippen molar-refractivity contribution in [3.8, 4) is 17.0 Å². The van der Waals surface area contributed by atoms with Crippen molar-refractivity contribution in [3.63, 3.8) is 0 Å². The molecule has 0 N–H and O–H groups in total. The Bertz CT molecular complexity index is 841. The normalized spacial score (nSPS) is 16.4. The topological polar surface area (TPSA) is 22.1 Å². The first kappa shape index (κ1) is 26.7. The molecule has 3 heteroatoms. The standard InChI is InChI=1S/C31H46FNO/c1-4-7-8-9-10-14-22-34-27-17-18-28(29(32)23-27)30-19-16-26(24-33-30)31(20-12-11-13-21-31)25(6-3)15-5-2/h16-19,23-25H,4-15,20-22H2,1-3H3. The Labute approximate surface area is 207 Å². The zero-order chi connectivity index (χ0) is 24.2. The first-order chi connectivity index (χ1) is 16.6. The molecular weight excluding hydrogens is 421 g/mol. The first-order valence-electron chi connectivity index (χ1n) is 14.0. The van der Waals surface area contributed by atoms with E-state index in [0.717, 1.165) is 6.42 Å². The molecule has 1 unspecified atom stereocenters.